The van der Waals surface area contributed by atoms with Gasteiger partial charge in [0.2, 0.25) is 5.95 Å². The van der Waals surface area contributed by atoms with Crippen LogP contribution in [0.2, 0.25) is 0 Å². The normalized spacial score (nSPS) is 10.8. The summed E-state index contributed by atoms with van der Waals surface area (Å²) in [5.41, 5.74) is 3.25. The third-order valence-electron chi connectivity index (χ3n) is 3.04. The third kappa shape index (κ3) is 1.86. The van der Waals surface area contributed by atoms with Gasteiger partial charge >= 0.3 is 0 Å². The number of hydrogen-bond donors (Lipinski definition) is 0. The molecule has 0 unspecified atom stereocenters. The first-order valence-corrected chi connectivity index (χ1v) is 5.86. The Kier molecular flexibility index (Phi) is 2.56. The van der Waals surface area contributed by atoms with Gasteiger partial charge in [0, 0.05) is 10.9 Å². The maximum atomic E-state index is 14.0. The largest absolute Gasteiger partial charge is 0.221 e. The Balaban J connectivity index is 2.22. The van der Waals surface area contributed by atoms with Crippen LogP contribution >= 0.6 is 0 Å². The monoisotopic (exact) mass is 237 g/mol. The lowest BCUT2D eigenvalue weighted by Gasteiger charge is -2.05. The predicted octanol–water partition coefficient (Wildman–Crippen LogP) is 4.35. The maximum absolute atomic E-state index is 14.0. The number of aryl methyl sites for hydroxylation is 1. The number of nitrogens with zero attached hydrogens (tertiary/aromatic N) is 1. The van der Waals surface area contributed by atoms with E-state index in [4.69, 9.17) is 0 Å². The Morgan fingerprint density at radius 3 is 2.44 bits per heavy atom. The third-order valence-corrected chi connectivity index (χ3v) is 3.04. The van der Waals surface area contributed by atoms with Crippen molar-refractivity contribution in [2.75, 3.05) is 0 Å². The number of benzene rings is 2. The van der Waals surface area contributed by atoms with Crippen molar-refractivity contribution < 1.29 is 4.39 Å². The summed E-state index contributed by atoms with van der Waals surface area (Å²) < 4.78 is 14.0. The molecule has 0 bridgehead atoms. The predicted molar refractivity (Wildman–Crippen MR) is 71.9 cm³/mol. The van der Waals surface area contributed by atoms with Crippen molar-refractivity contribution in [1.82, 2.24) is 4.98 Å². The van der Waals surface area contributed by atoms with Crippen LogP contribution in [0.25, 0.3) is 22.0 Å². The first kappa shape index (κ1) is 10.9. The zero-order valence-electron chi connectivity index (χ0n) is 10.0. The van der Waals surface area contributed by atoms with Crippen LogP contribution in [0.4, 0.5) is 4.39 Å². The number of halogens is 1. The van der Waals surface area contributed by atoms with Gasteiger partial charge in [0.25, 0.3) is 0 Å². The summed E-state index contributed by atoms with van der Waals surface area (Å²) in [4.78, 5) is 4.01. The molecule has 0 atom stereocenters. The molecule has 0 radical (unpaired) electrons. The highest BCUT2D eigenvalue weighted by atomic mass is 19.1. The van der Waals surface area contributed by atoms with Crippen molar-refractivity contribution in [1.29, 1.82) is 0 Å². The molecule has 3 aromatic rings. The lowest BCUT2D eigenvalue weighted by molar-refractivity contribution is 0.593. The van der Waals surface area contributed by atoms with E-state index in [0.29, 0.717) is 11.1 Å². The molecule has 0 saturated heterocycles. The highest BCUT2D eigenvalue weighted by Crippen LogP contribution is 2.25. The number of para-hydroxylation sites is 1. The molecule has 0 spiro atoms. The van der Waals surface area contributed by atoms with E-state index in [1.807, 2.05) is 61.5 Å². The van der Waals surface area contributed by atoms with Crippen LogP contribution in [0.15, 0.2) is 54.6 Å². The zero-order chi connectivity index (χ0) is 12.5. The Hall–Kier alpha value is -2.22. The molecule has 2 aromatic carbocycles. The summed E-state index contributed by atoms with van der Waals surface area (Å²) in [5, 5.41) is 0.953. The van der Waals surface area contributed by atoms with Gasteiger partial charge in [-0.1, -0.05) is 48.0 Å². The molecular weight excluding hydrogens is 225 g/mol. The fraction of sp³-hybridized carbons (Fsp3) is 0.0625. The van der Waals surface area contributed by atoms with E-state index in [2.05, 4.69) is 4.98 Å². The lowest BCUT2D eigenvalue weighted by atomic mass is 10.0. The minimum atomic E-state index is -0.419. The smallest absolute Gasteiger partial charge is 0.219 e. The summed E-state index contributed by atoms with van der Waals surface area (Å²) in [6.45, 7) is 2.01. The Morgan fingerprint density at radius 1 is 0.944 bits per heavy atom. The molecule has 0 amide bonds. The van der Waals surface area contributed by atoms with Crippen molar-refractivity contribution in [2.45, 2.75) is 6.92 Å². The topological polar surface area (TPSA) is 12.9 Å². The quantitative estimate of drug-likeness (QED) is 0.573. The van der Waals surface area contributed by atoms with E-state index < -0.39 is 5.95 Å². The molecule has 0 N–H and O–H groups in total. The van der Waals surface area contributed by atoms with Gasteiger partial charge in [-0.3, -0.25) is 0 Å². The average Bonchev–Trinajstić information content (AvgIpc) is 2.39. The standard InChI is InChI=1S/C16H12FN/c1-11-6-8-12(9-7-11)14-10-13-4-2-3-5-15(13)18-16(14)17/h2-10H,1H3. The van der Waals surface area contributed by atoms with Gasteiger partial charge in [-0.25, -0.2) is 4.98 Å². The van der Waals surface area contributed by atoms with Crippen LogP contribution in [0, 0.1) is 12.9 Å². The SMILES string of the molecule is Cc1ccc(-c2cc3ccccc3nc2F)cc1. The fourth-order valence-corrected chi connectivity index (χ4v) is 2.03. The molecule has 0 aliphatic heterocycles. The summed E-state index contributed by atoms with van der Waals surface area (Å²) in [7, 11) is 0. The summed E-state index contributed by atoms with van der Waals surface area (Å²) in [6.07, 6.45) is 0. The molecule has 0 fully saturated rings. The summed E-state index contributed by atoms with van der Waals surface area (Å²) in [5.74, 6) is -0.419. The van der Waals surface area contributed by atoms with E-state index >= 15 is 0 Å². The van der Waals surface area contributed by atoms with E-state index in [9.17, 15) is 4.39 Å². The molecule has 1 aromatic heterocycles. The van der Waals surface area contributed by atoms with Crippen LogP contribution in [-0.4, -0.2) is 4.98 Å². The van der Waals surface area contributed by atoms with Gasteiger partial charge < -0.3 is 0 Å². The lowest BCUT2D eigenvalue weighted by Crippen LogP contribution is -1.90. The van der Waals surface area contributed by atoms with Crippen LogP contribution in [0.5, 0.6) is 0 Å². The van der Waals surface area contributed by atoms with Crippen molar-refractivity contribution >= 4 is 10.9 Å². The van der Waals surface area contributed by atoms with E-state index in [-0.39, 0.29) is 0 Å². The van der Waals surface area contributed by atoms with E-state index in [1.54, 1.807) is 0 Å². The molecule has 3 rings (SSSR count). The second-order valence-electron chi connectivity index (χ2n) is 4.39. The van der Waals surface area contributed by atoms with Crippen LogP contribution in [0.3, 0.4) is 0 Å². The van der Waals surface area contributed by atoms with Crippen molar-refractivity contribution in [3.05, 3.63) is 66.1 Å². The number of aromatic nitrogens is 1. The van der Waals surface area contributed by atoms with Gasteiger partial charge in [0.05, 0.1) is 5.52 Å². The minimum absolute atomic E-state index is 0.419. The molecule has 1 heterocycles. The highest BCUT2D eigenvalue weighted by molar-refractivity contribution is 5.83. The molecule has 88 valence electrons. The highest BCUT2D eigenvalue weighted by Gasteiger charge is 2.08. The van der Waals surface area contributed by atoms with Gasteiger partial charge in [0.15, 0.2) is 0 Å². The second kappa shape index (κ2) is 4.22. The van der Waals surface area contributed by atoms with Crippen molar-refractivity contribution in [3.63, 3.8) is 0 Å². The van der Waals surface area contributed by atoms with Crippen LogP contribution in [-0.2, 0) is 0 Å². The first-order valence-electron chi connectivity index (χ1n) is 5.86. The summed E-state index contributed by atoms with van der Waals surface area (Å²) >= 11 is 0. The zero-order valence-corrected chi connectivity index (χ0v) is 10.0. The molecule has 0 aliphatic carbocycles. The summed E-state index contributed by atoms with van der Waals surface area (Å²) in [6, 6.07) is 17.2. The van der Waals surface area contributed by atoms with Crippen molar-refractivity contribution in [2.24, 2.45) is 0 Å². The van der Waals surface area contributed by atoms with Crippen LogP contribution < -0.4 is 0 Å². The number of rotatable bonds is 1. The van der Waals surface area contributed by atoms with Crippen LogP contribution in [0.1, 0.15) is 5.56 Å². The van der Waals surface area contributed by atoms with Crippen molar-refractivity contribution in [3.8, 4) is 11.1 Å². The number of fused-ring (bicyclic) bond motifs is 1. The van der Waals surface area contributed by atoms with Gasteiger partial charge in [0.1, 0.15) is 0 Å². The molecule has 0 aliphatic rings. The molecule has 0 saturated carbocycles. The average molecular weight is 237 g/mol. The number of hydrogen-bond acceptors (Lipinski definition) is 1. The molecule has 18 heavy (non-hydrogen) atoms. The minimum Gasteiger partial charge on any atom is -0.219 e. The van der Waals surface area contributed by atoms with Gasteiger partial charge in [-0.2, -0.15) is 4.39 Å². The maximum Gasteiger partial charge on any atom is 0.221 e. The number of pyridine rings is 1. The first-order chi connectivity index (χ1) is 8.74. The van der Waals surface area contributed by atoms with E-state index in [1.165, 1.54) is 0 Å². The molecule has 1 nitrogen and oxygen atoms in total. The fourth-order valence-electron chi connectivity index (χ4n) is 2.03. The Morgan fingerprint density at radius 2 is 1.67 bits per heavy atom. The van der Waals surface area contributed by atoms with E-state index in [0.717, 1.165) is 16.5 Å². The molecular formula is C16H12FN. The Labute approximate surface area is 105 Å². The Bertz CT molecular complexity index is 702. The van der Waals surface area contributed by atoms with Gasteiger partial charge in [-0.15, -0.1) is 0 Å². The molecule has 2 heteroatoms. The van der Waals surface area contributed by atoms with Gasteiger partial charge in [-0.05, 0) is 24.6 Å². The second-order valence-corrected chi connectivity index (χ2v) is 4.39.